The van der Waals surface area contributed by atoms with Crippen molar-refractivity contribution in [2.24, 2.45) is 0 Å². The van der Waals surface area contributed by atoms with Crippen molar-refractivity contribution in [2.45, 2.75) is 51.6 Å². The monoisotopic (exact) mass is 407 g/mol. The van der Waals surface area contributed by atoms with Crippen molar-refractivity contribution < 1.29 is 18.0 Å². The summed E-state index contributed by atoms with van der Waals surface area (Å²) in [7, 11) is -3.64. The molecule has 0 aliphatic carbocycles. The Bertz CT molecular complexity index is 951. The minimum absolute atomic E-state index is 0.0293. The van der Waals surface area contributed by atoms with Crippen LogP contribution >= 0.6 is 0 Å². The Hall–Kier alpha value is -2.72. The molecule has 0 fully saturated rings. The maximum absolute atomic E-state index is 12.2. The number of sulfonamides is 1. The molecule has 2 aromatic rings. The molecule has 0 aliphatic heterocycles. The van der Waals surface area contributed by atoms with Gasteiger partial charge in [-0.3, -0.25) is 25.1 Å². The molecule has 10 heteroatoms. The van der Waals surface area contributed by atoms with Crippen LogP contribution in [0.4, 0.5) is 0 Å². The first kappa shape index (κ1) is 21.6. The SMILES string of the molecule is CC[C@H](C)NS(=O)(=O)c1ccc(C(=O)NNC(=O)Cn2nc(C)cc2C)cc1. The molecule has 1 atom stereocenters. The number of carbonyl (C=O) groups excluding carboxylic acids is 2. The molecule has 28 heavy (non-hydrogen) atoms. The molecule has 0 unspecified atom stereocenters. The van der Waals surface area contributed by atoms with Gasteiger partial charge in [0.15, 0.2) is 0 Å². The van der Waals surface area contributed by atoms with E-state index in [4.69, 9.17) is 0 Å². The van der Waals surface area contributed by atoms with Gasteiger partial charge >= 0.3 is 0 Å². The largest absolute Gasteiger partial charge is 0.271 e. The minimum atomic E-state index is -3.64. The molecule has 9 nitrogen and oxygen atoms in total. The van der Waals surface area contributed by atoms with E-state index in [1.54, 1.807) is 6.92 Å². The van der Waals surface area contributed by atoms with E-state index < -0.39 is 21.8 Å². The Morgan fingerprint density at radius 3 is 2.32 bits per heavy atom. The number of rotatable bonds is 7. The van der Waals surface area contributed by atoms with E-state index >= 15 is 0 Å². The molecule has 3 N–H and O–H groups in total. The summed E-state index contributed by atoms with van der Waals surface area (Å²) in [5.74, 6) is -0.989. The topological polar surface area (TPSA) is 122 Å². The Morgan fingerprint density at radius 2 is 1.79 bits per heavy atom. The maximum atomic E-state index is 12.2. The second-order valence-electron chi connectivity index (χ2n) is 6.54. The molecule has 2 rings (SSSR count). The standard InChI is InChI=1S/C18H25N5O4S/c1-5-12(2)22-28(26,27)16-8-6-15(7-9-16)18(25)20-19-17(24)11-23-14(4)10-13(3)21-23/h6-10,12,22H,5,11H2,1-4H3,(H,19,24)(H,20,25)/t12-/m0/s1. The van der Waals surface area contributed by atoms with Gasteiger partial charge in [0.2, 0.25) is 10.0 Å². The molecule has 0 saturated carbocycles. The molecule has 1 aromatic heterocycles. The third-order valence-corrected chi connectivity index (χ3v) is 5.71. The van der Waals surface area contributed by atoms with Gasteiger partial charge in [0, 0.05) is 17.3 Å². The Labute approximate surface area is 164 Å². The van der Waals surface area contributed by atoms with Crippen LogP contribution in [0, 0.1) is 13.8 Å². The molecule has 0 saturated heterocycles. The van der Waals surface area contributed by atoms with Crippen molar-refractivity contribution in [1.29, 1.82) is 0 Å². The van der Waals surface area contributed by atoms with Crippen molar-refractivity contribution in [3.05, 3.63) is 47.3 Å². The number of hydrogen-bond acceptors (Lipinski definition) is 5. The summed E-state index contributed by atoms with van der Waals surface area (Å²) in [6.07, 6.45) is 0.664. The van der Waals surface area contributed by atoms with Gasteiger partial charge < -0.3 is 0 Å². The van der Waals surface area contributed by atoms with Crippen LogP contribution in [-0.4, -0.2) is 36.1 Å². The average Bonchev–Trinajstić information content (AvgIpc) is 2.96. The predicted octanol–water partition coefficient (Wildman–Crippen LogP) is 1.04. The number of nitrogens with zero attached hydrogens (tertiary/aromatic N) is 2. The lowest BCUT2D eigenvalue weighted by Crippen LogP contribution is -2.43. The highest BCUT2D eigenvalue weighted by Crippen LogP contribution is 2.11. The van der Waals surface area contributed by atoms with Crippen LogP contribution in [0.5, 0.6) is 0 Å². The Balaban J connectivity index is 1.94. The Kier molecular flexibility index (Phi) is 6.92. The number of benzene rings is 1. The van der Waals surface area contributed by atoms with Crippen LogP contribution in [0.25, 0.3) is 0 Å². The minimum Gasteiger partial charge on any atom is -0.271 e. The number of aromatic nitrogens is 2. The highest BCUT2D eigenvalue weighted by atomic mass is 32.2. The lowest BCUT2D eigenvalue weighted by atomic mass is 10.2. The summed E-state index contributed by atoms with van der Waals surface area (Å²) < 4.78 is 28.5. The van der Waals surface area contributed by atoms with Gasteiger partial charge in [-0.2, -0.15) is 5.10 Å². The van der Waals surface area contributed by atoms with Crippen LogP contribution < -0.4 is 15.6 Å². The van der Waals surface area contributed by atoms with Gasteiger partial charge in [0.05, 0.1) is 10.6 Å². The number of amides is 2. The van der Waals surface area contributed by atoms with E-state index in [1.165, 1.54) is 28.9 Å². The highest BCUT2D eigenvalue weighted by Gasteiger charge is 2.17. The third-order valence-electron chi connectivity index (χ3n) is 4.11. The molecule has 2 amide bonds. The lowest BCUT2D eigenvalue weighted by molar-refractivity contribution is -0.122. The van der Waals surface area contributed by atoms with Crippen LogP contribution in [0.2, 0.25) is 0 Å². The normalized spacial score (nSPS) is 12.4. The molecular formula is C18H25N5O4S. The number of hydrazine groups is 1. The third kappa shape index (κ3) is 5.64. The molecule has 0 radical (unpaired) electrons. The van der Waals surface area contributed by atoms with E-state index in [0.717, 1.165) is 11.4 Å². The molecule has 0 aliphatic rings. The summed E-state index contributed by atoms with van der Waals surface area (Å²) in [5.41, 5.74) is 6.46. The van der Waals surface area contributed by atoms with Crippen LogP contribution in [-0.2, 0) is 21.4 Å². The zero-order valence-corrected chi connectivity index (χ0v) is 17.1. The second-order valence-corrected chi connectivity index (χ2v) is 8.26. The van der Waals surface area contributed by atoms with Crippen molar-refractivity contribution in [2.75, 3.05) is 0 Å². The van der Waals surface area contributed by atoms with Crippen LogP contribution in [0.15, 0.2) is 35.2 Å². The van der Waals surface area contributed by atoms with E-state index in [2.05, 4.69) is 20.7 Å². The van der Waals surface area contributed by atoms with Gasteiger partial charge in [-0.1, -0.05) is 6.92 Å². The number of aryl methyl sites for hydroxylation is 2. The zero-order chi connectivity index (χ0) is 20.9. The number of nitrogens with one attached hydrogen (secondary N) is 3. The summed E-state index contributed by atoms with van der Waals surface area (Å²) in [5, 5.41) is 4.17. The quantitative estimate of drug-likeness (QED) is 0.592. The second kappa shape index (κ2) is 8.98. The molecule has 1 heterocycles. The predicted molar refractivity (Wildman–Crippen MR) is 104 cm³/mol. The summed E-state index contributed by atoms with van der Waals surface area (Å²) in [6.45, 7) is 7.28. The highest BCUT2D eigenvalue weighted by molar-refractivity contribution is 7.89. The number of carbonyl (C=O) groups is 2. The smallest absolute Gasteiger partial charge is 0.269 e. The fourth-order valence-corrected chi connectivity index (χ4v) is 3.74. The van der Waals surface area contributed by atoms with Crippen LogP contribution in [0.1, 0.15) is 42.0 Å². The Morgan fingerprint density at radius 1 is 1.14 bits per heavy atom. The molecule has 0 bridgehead atoms. The van der Waals surface area contributed by atoms with Gasteiger partial charge in [0.25, 0.3) is 11.8 Å². The van der Waals surface area contributed by atoms with E-state index in [1.807, 2.05) is 26.8 Å². The first-order chi connectivity index (χ1) is 13.1. The zero-order valence-electron chi connectivity index (χ0n) is 16.3. The van der Waals surface area contributed by atoms with E-state index in [-0.39, 0.29) is 23.0 Å². The first-order valence-electron chi connectivity index (χ1n) is 8.85. The van der Waals surface area contributed by atoms with Gasteiger partial charge in [0.1, 0.15) is 6.54 Å². The van der Waals surface area contributed by atoms with Crippen molar-refractivity contribution in [3.63, 3.8) is 0 Å². The average molecular weight is 407 g/mol. The summed E-state index contributed by atoms with van der Waals surface area (Å²) >= 11 is 0. The fourth-order valence-electron chi connectivity index (χ4n) is 2.41. The van der Waals surface area contributed by atoms with Crippen molar-refractivity contribution in [1.82, 2.24) is 25.4 Å². The molecule has 1 aromatic carbocycles. The number of hydrogen-bond donors (Lipinski definition) is 3. The first-order valence-corrected chi connectivity index (χ1v) is 10.3. The van der Waals surface area contributed by atoms with Crippen molar-refractivity contribution in [3.8, 4) is 0 Å². The maximum Gasteiger partial charge on any atom is 0.269 e. The fraction of sp³-hybridized carbons (Fsp3) is 0.389. The van der Waals surface area contributed by atoms with Crippen molar-refractivity contribution >= 4 is 21.8 Å². The summed E-state index contributed by atoms with van der Waals surface area (Å²) in [4.78, 5) is 24.2. The molecule has 152 valence electrons. The lowest BCUT2D eigenvalue weighted by Gasteiger charge is -2.12. The van der Waals surface area contributed by atoms with Crippen LogP contribution in [0.3, 0.4) is 0 Å². The summed E-state index contributed by atoms with van der Waals surface area (Å²) in [6, 6.07) is 7.11. The van der Waals surface area contributed by atoms with Gasteiger partial charge in [-0.05, 0) is 57.5 Å². The van der Waals surface area contributed by atoms with E-state index in [0.29, 0.717) is 6.42 Å². The van der Waals surface area contributed by atoms with Gasteiger partial charge in [-0.15, -0.1) is 0 Å². The molecular weight excluding hydrogens is 382 g/mol. The van der Waals surface area contributed by atoms with Gasteiger partial charge in [-0.25, -0.2) is 13.1 Å². The van der Waals surface area contributed by atoms with E-state index in [9.17, 15) is 18.0 Å². The molecule has 0 spiro atoms.